The minimum Gasteiger partial charge on any atom is -0.254 e. The van der Waals surface area contributed by atoms with Gasteiger partial charge in [0.05, 0.1) is 11.4 Å². The molecule has 0 aliphatic rings. The van der Waals surface area contributed by atoms with Gasteiger partial charge in [0, 0.05) is 22.5 Å². The van der Waals surface area contributed by atoms with Crippen LogP contribution in [0.2, 0.25) is 0 Å². The Balaban J connectivity index is 2.08. The van der Waals surface area contributed by atoms with Crippen LogP contribution in [0.25, 0.3) is 22.0 Å². The molecule has 0 radical (unpaired) electrons. The zero-order valence-corrected chi connectivity index (χ0v) is 12.4. The van der Waals surface area contributed by atoms with Gasteiger partial charge in [-0.05, 0) is 18.6 Å². The van der Waals surface area contributed by atoms with Crippen molar-refractivity contribution in [3.05, 3.63) is 59.6 Å². The summed E-state index contributed by atoms with van der Waals surface area (Å²) in [6.45, 7) is 0. The lowest BCUT2D eigenvalue weighted by Crippen LogP contribution is -1.87. The van der Waals surface area contributed by atoms with Crippen LogP contribution in [0.1, 0.15) is 4.88 Å². The van der Waals surface area contributed by atoms with Crippen molar-refractivity contribution in [1.82, 2.24) is 9.97 Å². The first kappa shape index (κ1) is 13.3. The molecule has 0 amide bonds. The van der Waals surface area contributed by atoms with Crippen LogP contribution in [0.3, 0.4) is 0 Å². The first-order valence-electron chi connectivity index (χ1n) is 6.41. The summed E-state index contributed by atoms with van der Waals surface area (Å²) in [5, 5.41) is 0.949. The molecule has 3 rings (SSSR count). The van der Waals surface area contributed by atoms with Crippen molar-refractivity contribution in [2.45, 2.75) is 6.42 Å². The fraction of sp³-hybridized carbons (Fsp3) is 0.125. The third-order valence-electron chi connectivity index (χ3n) is 2.95. The van der Waals surface area contributed by atoms with Gasteiger partial charge in [0.25, 0.3) is 0 Å². The van der Waals surface area contributed by atoms with Crippen molar-refractivity contribution in [2.75, 3.05) is 5.88 Å². The van der Waals surface area contributed by atoms with Crippen LogP contribution in [-0.2, 0) is 6.42 Å². The molecule has 0 spiro atoms. The van der Waals surface area contributed by atoms with E-state index in [1.54, 1.807) is 17.5 Å². The molecule has 2 heterocycles. The Hall–Kier alpha value is -1.71. The summed E-state index contributed by atoms with van der Waals surface area (Å²) in [5.41, 5.74) is 3.07. The molecule has 3 aromatic rings. The molecule has 0 atom stereocenters. The Bertz CT molecular complexity index is 680. The van der Waals surface area contributed by atoms with E-state index in [4.69, 9.17) is 16.6 Å². The van der Waals surface area contributed by atoms with E-state index in [0.717, 1.165) is 28.4 Å². The highest BCUT2D eigenvalue weighted by Gasteiger charge is 2.14. The Morgan fingerprint density at radius 3 is 2.50 bits per heavy atom. The summed E-state index contributed by atoms with van der Waals surface area (Å²) in [6, 6.07) is 16.1. The lowest BCUT2D eigenvalue weighted by molar-refractivity contribution is 1.18. The fourth-order valence-corrected chi connectivity index (χ4v) is 3.39. The first-order chi connectivity index (χ1) is 9.88. The second kappa shape index (κ2) is 6.16. The largest absolute Gasteiger partial charge is 0.254 e. The van der Waals surface area contributed by atoms with Gasteiger partial charge in [-0.3, -0.25) is 4.98 Å². The second-order valence-electron chi connectivity index (χ2n) is 4.31. The SMILES string of the molecule is ClCCc1sc(-c2ccccn2)nc1-c1ccccc1. The van der Waals surface area contributed by atoms with Gasteiger partial charge in [0.15, 0.2) is 0 Å². The van der Waals surface area contributed by atoms with E-state index in [0.29, 0.717) is 5.88 Å². The number of hydrogen-bond acceptors (Lipinski definition) is 3. The molecule has 20 heavy (non-hydrogen) atoms. The lowest BCUT2D eigenvalue weighted by Gasteiger charge is -1.99. The average Bonchev–Trinajstić information content (AvgIpc) is 2.94. The number of hydrogen-bond donors (Lipinski definition) is 0. The minimum atomic E-state index is 0.601. The molecule has 1 aromatic carbocycles. The predicted octanol–water partition coefficient (Wildman–Crippen LogP) is 4.65. The van der Waals surface area contributed by atoms with Crippen molar-refractivity contribution in [2.24, 2.45) is 0 Å². The van der Waals surface area contributed by atoms with Gasteiger partial charge in [-0.25, -0.2) is 4.98 Å². The maximum atomic E-state index is 5.91. The molecule has 100 valence electrons. The number of thiazole rings is 1. The van der Waals surface area contributed by atoms with E-state index in [1.165, 1.54) is 4.88 Å². The predicted molar refractivity (Wildman–Crippen MR) is 85.2 cm³/mol. The van der Waals surface area contributed by atoms with Gasteiger partial charge in [0.2, 0.25) is 0 Å². The Morgan fingerprint density at radius 1 is 1.00 bits per heavy atom. The third-order valence-corrected chi connectivity index (χ3v) is 4.28. The number of alkyl halides is 1. The van der Waals surface area contributed by atoms with E-state index in [1.807, 2.05) is 36.4 Å². The van der Waals surface area contributed by atoms with Crippen molar-refractivity contribution < 1.29 is 0 Å². The molecule has 0 aliphatic carbocycles. The van der Waals surface area contributed by atoms with E-state index >= 15 is 0 Å². The average molecular weight is 301 g/mol. The van der Waals surface area contributed by atoms with Crippen LogP contribution in [0.15, 0.2) is 54.7 Å². The summed E-state index contributed by atoms with van der Waals surface area (Å²) in [5.74, 6) is 0.601. The summed E-state index contributed by atoms with van der Waals surface area (Å²) in [7, 11) is 0. The van der Waals surface area contributed by atoms with Crippen molar-refractivity contribution in [3.63, 3.8) is 0 Å². The number of aryl methyl sites for hydroxylation is 1. The van der Waals surface area contributed by atoms with Gasteiger partial charge >= 0.3 is 0 Å². The molecule has 0 unspecified atom stereocenters. The molecule has 0 bridgehead atoms. The van der Waals surface area contributed by atoms with Crippen molar-refractivity contribution >= 4 is 22.9 Å². The van der Waals surface area contributed by atoms with Crippen LogP contribution >= 0.6 is 22.9 Å². The van der Waals surface area contributed by atoms with Gasteiger partial charge < -0.3 is 0 Å². The molecule has 0 N–H and O–H groups in total. The zero-order chi connectivity index (χ0) is 13.8. The molecular weight excluding hydrogens is 288 g/mol. The van der Waals surface area contributed by atoms with Crippen LogP contribution in [0.5, 0.6) is 0 Å². The van der Waals surface area contributed by atoms with E-state index < -0.39 is 0 Å². The monoisotopic (exact) mass is 300 g/mol. The Labute approximate surface area is 127 Å². The zero-order valence-electron chi connectivity index (χ0n) is 10.8. The third kappa shape index (κ3) is 2.74. The fourth-order valence-electron chi connectivity index (χ4n) is 2.03. The Kier molecular flexibility index (Phi) is 4.09. The Morgan fingerprint density at radius 2 is 1.80 bits per heavy atom. The van der Waals surface area contributed by atoms with Gasteiger partial charge in [-0.1, -0.05) is 36.4 Å². The number of benzene rings is 1. The van der Waals surface area contributed by atoms with Crippen LogP contribution in [0, 0.1) is 0 Å². The summed E-state index contributed by atoms with van der Waals surface area (Å²) < 4.78 is 0. The maximum absolute atomic E-state index is 5.91. The normalized spacial score (nSPS) is 10.7. The highest BCUT2D eigenvalue weighted by Crippen LogP contribution is 2.33. The molecule has 2 nitrogen and oxygen atoms in total. The minimum absolute atomic E-state index is 0.601. The number of nitrogens with zero attached hydrogens (tertiary/aromatic N) is 2. The molecular formula is C16H13ClN2S. The number of rotatable bonds is 4. The van der Waals surface area contributed by atoms with Crippen LogP contribution < -0.4 is 0 Å². The number of halogens is 1. The van der Waals surface area contributed by atoms with E-state index in [9.17, 15) is 0 Å². The lowest BCUT2D eigenvalue weighted by atomic mass is 10.1. The smallest absolute Gasteiger partial charge is 0.142 e. The molecule has 4 heteroatoms. The van der Waals surface area contributed by atoms with Crippen LogP contribution in [0.4, 0.5) is 0 Å². The number of aromatic nitrogens is 2. The van der Waals surface area contributed by atoms with E-state index in [2.05, 4.69) is 17.1 Å². The number of pyridine rings is 1. The maximum Gasteiger partial charge on any atom is 0.142 e. The molecule has 0 saturated carbocycles. The summed E-state index contributed by atoms with van der Waals surface area (Å²) in [6.07, 6.45) is 2.62. The van der Waals surface area contributed by atoms with E-state index in [-0.39, 0.29) is 0 Å². The molecule has 0 fully saturated rings. The van der Waals surface area contributed by atoms with Crippen molar-refractivity contribution in [1.29, 1.82) is 0 Å². The summed E-state index contributed by atoms with van der Waals surface area (Å²) >= 11 is 7.59. The quantitative estimate of drug-likeness (QED) is 0.655. The van der Waals surface area contributed by atoms with Crippen LogP contribution in [-0.4, -0.2) is 15.8 Å². The highest BCUT2D eigenvalue weighted by atomic mass is 35.5. The second-order valence-corrected chi connectivity index (χ2v) is 5.77. The highest BCUT2D eigenvalue weighted by molar-refractivity contribution is 7.15. The van der Waals surface area contributed by atoms with Gasteiger partial charge in [-0.2, -0.15) is 0 Å². The first-order valence-corrected chi connectivity index (χ1v) is 7.76. The van der Waals surface area contributed by atoms with Gasteiger partial charge in [-0.15, -0.1) is 22.9 Å². The molecule has 0 saturated heterocycles. The van der Waals surface area contributed by atoms with Crippen molar-refractivity contribution in [3.8, 4) is 22.0 Å². The van der Waals surface area contributed by atoms with Gasteiger partial charge in [0.1, 0.15) is 5.01 Å². The molecule has 2 aromatic heterocycles. The topological polar surface area (TPSA) is 25.8 Å². The summed E-state index contributed by atoms with van der Waals surface area (Å²) in [4.78, 5) is 10.4. The standard InChI is InChI=1S/C16H13ClN2S/c17-10-9-14-15(12-6-2-1-3-7-12)19-16(20-14)13-8-4-5-11-18-13/h1-8,11H,9-10H2. The molecule has 0 aliphatic heterocycles.